The molecule has 0 amide bonds. The van der Waals surface area contributed by atoms with Crippen molar-refractivity contribution < 1.29 is 4.39 Å². The lowest BCUT2D eigenvalue weighted by atomic mass is 9.69. The highest BCUT2D eigenvalue weighted by Crippen LogP contribution is 2.41. The lowest BCUT2D eigenvalue weighted by molar-refractivity contribution is 0.210. The summed E-state index contributed by atoms with van der Waals surface area (Å²) >= 11 is 5.86. The topological polar surface area (TPSA) is 3.24 Å². The van der Waals surface area contributed by atoms with Gasteiger partial charge in [-0.1, -0.05) is 36.9 Å². The third kappa shape index (κ3) is 2.86. The molecule has 0 atom stereocenters. The van der Waals surface area contributed by atoms with E-state index < -0.39 is 0 Å². The fourth-order valence-corrected chi connectivity index (χ4v) is 3.42. The molecule has 0 unspecified atom stereocenters. The van der Waals surface area contributed by atoms with Gasteiger partial charge in [0.15, 0.2) is 0 Å². The zero-order valence-corrected chi connectivity index (χ0v) is 11.9. The predicted molar refractivity (Wildman–Crippen MR) is 74.7 cm³/mol. The number of hydrogen-bond donors (Lipinski definition) is 0. The van der Waals surface area contributed by atoms with E-state index in [-0.39, 0.29) is 11.2 Å². The second kappa shape index (κ2) is 5.58. The van der Waals surface area contributed by atoms with E-state index in [0.717, 1.165) is 24.9 Å². The van der Waals surface area contributed by atoms with Crippen LogP contribution in [0.25, 0.3) is 0 Å². The molecule has 0 saturated heterocycles. The van der Waals surface area contributed by atoms with Crippen molar-refractivity contribution in [3.8, 4) is 0 Å². The van der Waals surface area contributed by atoms with Gasteiger partial charge < -0.3 is 4.90 Å². The van der Waals surface area contributed by atoms with Crippen LogP contribution in [-0.4, -0.2) is 25.5 Å². The van der Waals surface area contributed by atoms with Crippen molar-refractivity contribution in [2.45, 2.75) is 37.5 Å². The smallest absolute Gasteiger partial charge is 0.128 e. The summed E-state index contributed by atoms with van der Waals surface area (Å²) in [6.45, 7) is 0.908. The Hall–Kier alpha value is -0.600. The van der Waals surface area contributed by atoms with E-state index in [2.05, 4.69) is 19.0 Å². The van der Waals surface area contributed by atoms with Crippen molar-refractivity contribution in [2.75, 3.05) is 20.6 Å². The van der Waals surface area contributed by atoms with Crippen LogP contribution in [0.2, 0.25) is 5.02 Å². The first kappa shape index (κ1) is 13.8. The Morgan fingerprint density at radius 1 is 1.22 bits per heavy atom. The minimum atomic E-state index is -0.147. The molecule has 0 aliphatic heterocycles. The van der Waals surface area contributed by atoms with Gasteiger partial charge in [-0.2, -0.15) is 0 Å². The monoisotopic (exact) mass is 269 g/mol. The second-order valence-corrected chi connectivity index (χ2v) is 6.14. The average molecular weight is 270 g/mol. The molecular weight excluding hydrogens is 249 g/mol. The van der Waals surface area contributed by atoms with Gasteiger partial charge >= 0.3 is 0 Å². The molecule has 0 spiro atoms. The van der Waals surface area contributed by atoms with Crippen molar-refractivity contribution in [1.82, 2.24) is 4.90 Å². The number of hydrogen-bond acceptors (Lipinski definition) is 1. The largest absolute Gasteiger partial charge is 0.309 e. The summed E-state index contributed by atoms with van der Waals surface area (Å²) in [5.74, 6) is -0.147. The first-order valence-electron chi connectivity index (χ1n) is 6.64. The first-order valence-corrected chi connectivity index (χ1v) is 7.02. The van der Waals surface area contributed by atoms with Gasteiger partial charge in [-0.15, -0.1) is 0 Å². The van der Waals surface area contributed by atoms with E-state index in [1.165, 1.54) is 25.3 Å². The Kier molecular flexibility index (Phi) is 4.29. The first-order chi connectivity index (χ1) is 8.53. The third-order valence-electron chi connectivity index (χ3n) is 3.93. The lowest BCUT2D eigenvalue weighted by Gasteiger charge is -2.40. The Morgan fingerprint density at radius 3 is 2.44 bits per heavy atom. The summed E-state index contributed by atoms with van der Waals surface area (Å²) < 4.78 is 14.2. The van der Waals surface area contributed by atoms with Gasteiger partial charge in [-0.25, -0.2) is 4.39 Å². The molecule has 18 heavy (non-hydrogen) atoms. The molecule has 2 rings (SSSR count). The Balaban J connectivity index is 2.38. The van der Waals surface area contributed by atoms with Crippen LogP contribution in [0.4, 0.5) is 4.39 Å². The molecule has 0 radical (unpaired) electrons. The van der Waals surface area contributed by atoms with Crippen LogP contribution in [0.3, 0.4) is 0 Å². The highest BCUT2D eigenvalue weighted by molar-refractivity contribution is 6.30. The molecule has 1 fully saturated rings. The van der Waals surface area contributed by atoms with Gasteiger partial charge in [0.1, 0.15) is 5.82 Å². The second-order valence-electron chi connectivity index (χ2n) is 5.70. The van der Waals surface area contributed by atoms with Gasteiger partial charge in [0.2, 0.25) is 0 Å². The summed E-state index contributed by atoms with van der Waals surface area (Å²) in [5, 5.41) is 0.479. The standard InChI is InChI=1S/C15H21ClFN/c1-18(2)11-15(8-4-3-5-9-15)13-7-6-12(16)10-14(13)17/h6-7,10H,3-5,8-9,11H2,1-2H3. The van der Waals surface area contributed by atoms with Gasteiger partial charge in [0.05, 0.1) is 0 Å². The summed E-state index contributed by atoms with van der Waals surface area (Å²) in [5.41, 5.74) is 0.816. The molecule has 100 valence electrons. The van der Waals surface area contributed by atoms with Crippen LogP contribution < -0.4 is 0 Å². The van der Waals surface area contributed by atoms with E-state index >= 15 is 0 Å². The van der Waals surface area contributed by atoms with Crippen molar-refractivity contribution >= 4 is 11.6 Å². The third-order valence-corrected chi connectivity index (χ3v) is 4.17. The minimum absolute atomic E-state index is 0.0313. The van der Waals surface area contributed by atoms with Crippen molar-refractivity contribution in [1.29, 1.82) is 0 Å². The summed E-state index contributed by atoms with van der Waals surface area (Å²) in [6.07, 6.45) is 5.80. The zero-order chi connectivity index (χ0) is 13.2. The SMILES string of the molecule is CN(C)CC1(c2ccc(Cl)cc2F)CCCCC1. The highest BCUT2D eigenvalue weighted by atomic mass is 35.5. The molecular formula is C15H21ClFN. The molecule has 1 aromatic carbocycles. The summed E-state index contributed by atoms with van der Waals surface area (Å²) in [6, 6.07) is 5.14. The van der Waals surface area contributed by atoms with Crippen molar-refractivity contribution in [3.63, 3.8) is 0 Å². The number of halogens is 2. The van der Waals surface area contributed by atoms with Crippen LogP contribution in [0, 0.1) is 5.82 Å². The van der Waals surface area contributed by atoms with E-state index in [1.807, 2.05) is 12.1 Å². The van der Waals surface area contributed by atoms with Crippen LogP contribution >= 0.6 is 11.6 Å². The quantitative estimate of drug-likeness (QED) is 0.793. The minimum Gasteiger partial charge on any atom is -0.309 e. The molecule has 1 aromatic rings. The molecule has 0 aromatic heterocycles. The fraction of sp³-hybridized carbons (Fsp3) is 0.600. The van der Waals surface area contributed by atoms with Crippen LogP contribution in [-0.2, 0) is 5.41 Å². The Bertz CT molecular complexity index is 411. The molecule has 1 saturated carbocycles. The number of benzene rings is 1. The normalized spacial score (nSPS) is 19.2. The number of rotatable bonds is 3. The molecule has 0 bridgehead atoms. The zero-order valence-electron chi connectivity index (χ0n) is 11.2. The molecule has 1 aliphatic carbocycles. The van der Waals surface area contributed by atoms with Gasteiger partial charge in [-0.3, -0.25) is 0 Å². The molecule has 1 nitrogen and oxygen atoms in total. The van der Waals surface area contributed by atoms with E-state index in [9.17, 15) is 4.39 Å². The average Bonchev–Trinajstić information content (AvgIpc) is 2.28. The van der Waals surface area contributed by atoms with Gasteiger partial charge in [0, 0.05) is 17.0 Å². The molecule has 0 heterocycles. The van der Waals surface area contributed by atoms with Crippen LogP contribution in [0.5, 0.6) is 0 Å². The molecule has 0 N–H and O–H groups in total. The van der Waals surface area contributed by atoms with Crippen molar-refractivity contribution in [3.05, 3.63) is 34.6 Å². The fourth-order valence-electron chi connectivity index (χ4n) is 3.27. The Labute approximate surface area is 114 Å². The van der Waals surface area contributed by atoms with E-state index in [0.29, 0.717) is 5.02 Å². The highest BCUT2D eigenvalue weighted by Gasteiger charge is 2.36. The summed E-state index contributed by atoms with van der Waals surface area (Å²) in [4.78, 5) is 2.17. The van der Waals surface area contributed by atoms with Crippen LogP contribution in [0.15, 0.2) is 18.2 Å². The maximum atomic E-state index is 14.2. The molecule has 1 aliphatic rings. The summed E-state index contributed by atoms with van der Waals surface area (Å²) in [7, 11) is 4.12. The number of likely N-dealkylation sites (N-methyl/N-ethyl adjacent to an activating group) is 1. The van der Waals surface area contributed by atoms with E-state index in [4.69, 9.17) is 11.6 Å². The Morgan fingerprint density at radius 2 is 1.89 bits per heavy atom. The maximum absolute atomic E-state index is 14.2. The maximum Gasteiger partial charge on any atom is 0.128 e. The van der Waals surface area contributed by atoms with Crippen LogP contribution in [0.1, 0.15) is 37.7 Å². The molecule has 3 heteroatoms. The van der Waals surface area contributed by atoms with Gasteiger partial charge in [-0.05, 0) is 44.6 Å². The number of nitrogens with zero attached hydrogens (tertiary/aromatic N) is 1. The lowest BCUT2D eigenvalue weighted by Crippen LogP contribution is -2.40. The van der Waals surface area contributed by atoms with Crippen molar-refractivity contribution in [2.24, 2.45) is 0 Å². The van der Waals surface area contributed by atoms with Gasteiger partial charge in [0.25, 0.3) is 0 Å². The predicted octanol–water partition coefficient (Wildman–Crippen LogP) is 4.24. The van der Waals surface area contributed by atoms with E-state index in [1.54, 1.807) is 0 Å².